The first-order chi connectivity index (χ1) is 30.4. The van der Waals surface area contributed by atoms with Gasteiger partial charge in [0.15, 0.2) is 0 Å². The van der Waals surface area contributed by atoms with E-state index >= 15 is 0 Å². The summed E-state index contributed by atoms with van der Waals surface area (Å²) in [6.45, 7) is 9.25. The van der Waals surface area contributed by atoms with Crippen LogP contribution in [0.1, 0.15) is 44.5 Å². The number of nitrogens with zero attached hydrogens (tertiary/aromatic N) is 1. The van der Waals surface area contributed by atoms with Gasteiger partial charge in [0.1, 0.15) is 0 Å². The van der Waals surface area contributed by atoms with Crippen molar-refractivity contribution in [3.63, 3.8) is 0 Å². The second-order valence-corrected chi connectivity index (χ2v) is 20.5. The van der Waals surface area contributed by atoms with Gasteiger partial charge in [0.05, 0.1) is 16.8 Å². The minimum atomic E-state index is -1.80. The molecule has 9 aromatic rings. The summed E-state index contributed by atoms with van der Waals surface area (Å²) in [5, 5.41) is 0. The zero-order valence-electron chi connectivity index (χ0n) is 35.6. The molecule has 3 aliphatic rings. The van der Waals surface area contributed by atoms with Crippen molar-refractivity contribution >= 4 is 50.2 Å². The third-order valence-corrected chi connectivity index (χ3v) is 18.0. The van der Waals surface area contributed by atoms with Crippen LogP contribution >= 0.6 is 10.0 Å². The highest BCUT2D eigenvalue weighted by Gasteiger charge is 2.52. The second kappa shape index (κ2) is 13.9. The number of hydrogen-bond acceptors (Lipinski definition) is 1. The highest BCUT2D eigenvalue weighted by atomic mass is 32.3. The van der Waals surface area contributed by atoms with Crippen molar-refractivity contribution in [2.45, 2.75) is 52.7 Å². The van der Waals surface area contributed by atoms with Crippen LogP contribution in [0, 0.1) is 27.7 Å². The summed E-state index contributed by atoms with van der Waals surface area (Å²) in [5.74, 6) is 0. The summed E-state index contributed by atoms with van der Waals surface area (Å²) < 4.78 is 0. The van der Waals surface area contributed by atoms with Gasteiger partial charge in [-0.15, -0.1) is 10.0 Å². The van der Waals surface area contributed by atoms with Crippen molar-refractivity contribution in [1.29, 1.82) is 0 Å². The van der Waals surface area contributed by atoms with Crippen LogP contribution < -0.4 is 21.3 Å². The highest BCUT2D eigenvalue weighted by molar-refractivity contribution is 8.34. The minimum absolute atomic E-state index is 0.0745. The number of anilines is 3. The Morgan fingerprint density at radius 1 is 0.403 bits per heavy atom. The van der Waals surface area contributed by atoms with Gasteiger partial charge in [0.25, 0.3) is 0 Å². The van der Waals surface area contributed by atoms with Crippen LogP contribution in [0.5, 0.6) is 0 Å². The van der Waals surface area contributed by atoms with Gasteiger partial charge >= 0.3 is 0 Å². The van der Waals surface area contributed by atoms with E-state index in [-0.39, 0.29) is 6.71 Å². The normalized spacial score (nSPS) is 15.2. The molecule has 0 atom stereocenters. The minimum Gasteiger partial charge on any atom is -0.310 e. The van der Waals surface area contributed by atoms with Crippen LogP contribution in [0.4, 0.5) is 17.1 Å². The molecular formula is C59H46BNS. The van der Waals surface area contributed by atoms with Crippen molar-refractivity contribution in [3.8, 4) is 11.1 Å². The molecule has 0 aromatic heterocycles. The van der Waals surface area contributed by atoms with Crippen LogP contribution in [-0.4, -0.2) is 6.71 Å². The zero-order valence-corrected chi connectivity index (χ0v) is 36.4. The van der Waals surface area contributed by atoms with Gasteiger partial charge in [0.2, 0.25) is 6.71 Å². The molecule has 12 rings (SSSR count). The van der Waals surface area contributed by atoms with Gasteiger partial charge in [-0.25, -0.2) is 0 Å². The SMILES string of the molecule is Cc1ccc2c(c1)C1(c3ccccc3-c3ccccc31)c1cc(C)ccc1N2c1cc(C)c(B2c3ccccc3S(c3ccccc3)(c3ccccc3)c3ccccc32)c(C)c1. The molecule has 0 saturated heterocycles. The lowest BCUT2D eigenvalue weighted by atomic mass is 9.35. The first-order valence-electron chi connectivity index (χ1n) is 21.9. The van der Waals surface area contributed by atoms with E-state index in [9.17, 15) is 0 Å². The standard InChI is InChI=1S/C59H46BNS/c1-39-31-33-54-50(35-39)59(48-25-13-11-23-46(48)47-24-12-14-26-49(47)59)51-36-40(2)32-34-55(51)61(54)43-37-41(3)58(42(4)38-43)60-52-27-15-17-29-56(52)62(44-19-7-5-8-20-44,45-21-9-6-10-22-45)57-30-18-16-28-53(57)60/h5-38H,1-4H3. The van der Waals surface area contributed by atoms with Crippen LogP contribution in [0.2, 0.25) is 0 Å². The predicted octanol–water partition coefficient (Wildman–Crippen LogP) is 13.2. The molecule has 0 bridgehead atoms. The van der Waals surface area contributed by atoms with E-state index in [0.29, 0.717) is 0 Å². The van der Waals surface area contributed by atoms with Gasteiger partial charge in [-0.2, -0.15) is 0 Å². The molecule has 0 N–H and O–H groups in total. The first kappa shape index (κ1) is 37.0. The van der Waals surface area contributed by atoms with E-state index in [1.807, 2.05) is 0 Å². The maximum absolute atomic E-state index is 2.56. The molecule has 0 fully saturated rings. The number of rotatable bonds is 4. The predicted molar refractivity (Wildman–Crippen MR) is 262 cm³/mol. The Bertz CT molecular complexity index is 3050. The lowest BCUT2D eigenvalue weighted by Gasteiger charge is -2.49. The summed E-state index contributed by atoms with van der Waals surface area (Å²) in [4.78, 5) is 8.15. The summed E-state index contributed by atoms with van der Waals surface area (Å²) in [7, 11) is -1.80. The Morgan fingerprint density at radius 2 is 0.823 bits per heavy atom. The average molecular weight is 812 g/mol. The average Bonchev–Trinajstić information content (AvgIpc) is 3.60. The third-order valence-electron chi connectivity index (χ3n) is 14.0. The zero-order chi connectivity index (χ0) is 41.7. The van der Waals surface area contributed by atoms with Crippen molar-refractivity contribution in [1.82, 2.24) is 0 Å². The molecule has 296 valence electrons. The Balaban J connectivity index is 1.09. The lowest BCUT2D eigenvalue weighted by Crippen LogP contribution is -2.58. The molecule has 0 unspecified atom stereocenters. The summed E-state index contributed by atoms with van der Waals surface area (Å²) in [6.07, 6.45) is 0. The van der Waals surface area contributed by atoms with Gasteiger partial charge in [-0.1, -0.05) is 184 Å². The van der Waals surface area contributed by atoms with Gasteiger partial charge in [0, 0.05) is 15.5 Å². The number of aryl methyl sites for hydroxylation is 4. The van der Waals surface area contributed by atoms with Gasteiger partial charge in [-0.05, 0) is 132 Å². The topological polar surface area (TPSA) is 3.24 Å². The summed E-state index contributed by atoms with van der Waals surface area (Å²) in [6, 6.07) is 78.6. The van der Waals surface area contributed by atoms with Crippen LogP contribution in [0.25, 0.3) is 11.1 Å². The van der Waals surface area contributed by atoms with E-state index in [1.54, 1.807) is 0 Å². The summed E-state index contributed by atoms with van der Waals surface area (Å²) in [5.41, 5.74) is 20.6. The molecular weight excluding hydrogens is 766 g/mol. The Kier molecular flexibility index (Phi) is 8.27. The third kappa shape index (κ3) is 4.94. The van der Waals surface area contributed by atoms with E-state index in [1.165, 1.54) is 109 Å². The Hall–Kier alpha value is -6.81. The second-order valence-electron chi connectivity index (χ2n) is 17.5. The molecule has 9 aromatic carbocycles. The van der Waals surface area contributed by atoms with E-state index in [0.717, 1.165) is 0 Å². The Labute approximate surface area is 367 Å². The monoisotopic (exact) mass is 811 g/mol. The molecule has 3 heteroatoms. The molecule has 62 heavy (non-hydrogen) atoms. The van der Waals surface area contributed by atoms with Crippen molar-refractivity contribution in [2.75, 3.05) is 4.90 Å². The van der Waals surface area contributed by atoms with Gasteiger partial charge in [-0.3, -0.25) is 0 Å². The molecule has 0 saturated carbocycles. The molecule has 2 aliphatic heterocycles. The molecule has 0 radical (unpaired) electrons. The molecule has 1 spiro atoms. The number of hydrogen-bond donors (Lipinski definition) is 0. The lowest BCUT2D eigenvalue weighted by molar-refractivity contribution is 0.750. The molecule has 2 heterocycles. The van der Waals surface area contributed by atoms with Crippen molar-refractivity contribution < 1.29 is 0 Å². The van der Waals surface area contributed by atoms with Crippen LogP contribution in [-0.2, 0) is 5.41 Å². The van der Waals surface area contributed by atoms with Crippen LogP contribution in [0.15, 0.2) is 226 Å². The largest absolute Gasteiger partial charge is 0.310 e. The maximum Gasteiger partial charge on any atom is 0.244 e. The van der Waals surface area contributed by atoms with Crippen LogP contribution in [0.3, 0.4) is 0 Å². The number of fused-ring (bicyclic) bond motifs is 11. The highest BCUT2D eigenvalue weighted by Crippen LogP contribution is 2.73. The van der Waals surface area contributed by atoms with E-state index in [2.05, 4.69) is 239 Å². The fraction of sp³-hybridized carbons (Fsp3) is 0.0847. The first-order valence-corrected chi connectivity index (χ1v) is 23.5. The van der Waals surface area contributed by atoms with Gasteiger partial charge < -0.3 is 4.90 Å². The molecule has 1 aliphatic carbocycles. The fourth-order valence-corrected chi connectivity index (χ4v) is 16.0. The molecule has 1 nitrogen and oxygen atoms in total. The maximum atomic E-state index is 2.56. The van der Waals surface area contributed by atoms with Crippen molar-refractivity contribution in [2.24, 2.45) is 0 Å². The Morgan fingerprint density at radius 3 is 1.31 bits per heavy atom. The molecule has 0 amide bonds. The number of benzene rings is 9. The smallest absolute Gasteiger partial charge is 0.244 e. The van der Waals surface area contributed by atoms with E-state index < -0.39 is 15.4 Å². The van der Waals surface area contributed by atoms with Crippen molar-refractivity contribution in [3.05, 3.63) is 251 Å². The summed E-state index contributed by atoms with van der Waals surface area (Å²) >= 11 is 0. The fourth-order valence-electron chi connectivity index (χ4n) is 11.7. The quantitative estimate of drug-likeness (QED) is 0.160. The van der Waals surface area contributed by atoms with E-state index in [4.69, 9.17) is 0 Å².